The normalized spacial score (nSPS) is 21.4. The summed E-state index contributed by atoms with van der Waals surface area (Å²) in [6, 6.07) is 0. The number of nitrogens with zero attached hydrogens (tertiary/aromatic N) is 2. The zero-order valence-electron chi connectivity index (χ0n) is 12.8. The number of piperazine rings is 1. The fourth-order valence-corrected chi connectivity index (χ4v) is 3.91. The molecule has 2 fully saturated rings. The largest absolute Gasteiger partial charge is 0.369 e. The summed E-state index contributed by atoms with van der Waals surface area (Å²) in [7, 11) is 0. The quantitative estimate of drug-likeness (QED) is 0.792. The Labute approximate surface area is 131 Å². The van der Waals surface area contributed by atoms with Gasteiger partial charge < -0.3 is 10.6 Å². The van der Waals surface area contributed by atoms with Crippen molar-refractivity contribution in [1.82, 2.24) is 9.80 Å². The van der Waals surface area contributed by atoms with Crippen molar-refractivity contribution in [3.63, 3.8) is 0 Å². The van der Waals surface area contributed by atoms with Gasteiger partial charge in [-0.3, -0.25) is 14.5 Å². The molecule has 1 saturated heterocycles. The number of nitrogens with two attached hydrogens (primary N) is 1. The van der Waals surface area contributed by atoms with Crippen LogP contribution in [0.5, 0.6) is 0 Å². The first kappa shape index (κ1) is 16.6. The van der Waals surface area contributed by atoms with E-state index in [9.17, 15) is 9.59 Å². The Bertz CT molecular complexity index is 351. The molecule has 2 N–H and O–H groups in total. The van der Waals surface area contributed by atoms with Crippen LogP contribution in [0.1, 0.15) is 32.1 Å². The molecule has 0 bridgehead atoms. The van der Waals surface area contributed by atoms with E-state index in [1.54, 1.807) is 0 Å². The molecule has 0 atom stereocenters. The number of primary amides is 1. The lowest BCUT2D eigenvalue weighted by Crippen LogP contribution is -2.50. The highest BCUT2D eigenvalue weighted by Crippen LogP contribution is 2.24. The van der Waals surface area contributed by atoms with Crippen molar-refractivity contribution in [1.29, 1.82) is 0 Å². The van der Waals surface area contributed by atoms with Gasteiger partial charge in [0.2, 0.25) is 11.8 Å². The topological polar surface area (TPSA) is 66.6 Å². The van der Waals surface area contributed by atoms with Crippen LogP contribution in [0.3, 0.4) is 0 Å². The van der Waals surface area contributed by atoms with Crippen LogP contribution < -0.4 is 5.73 Å². The van der Waals surface area contributed by atoms with E-state index in [4.69, 9.17) is 5.73 Å². The molecule has 5 nitrogen and oxygen atoms in total. The van der Waals surface area contributed by atoms with Crippen LogP contribution in [0.15, 0.2) is 0 Å². The molecule has 1 saturated carbocycles. The smallest absolute Gasteiger partial charge is 0.232 e. The van der Waals surface area contributed by atoms with Gasteiger partial charge in [0, 0.05) is 32.7 Å². The zero-order valence-corrected chi connectivity index (χ0v) is 13.6. The standard InChI is InChI=1S/C15H27N3O2S/c16-14(19)11-21-12-15(20)18-8-6-17(7-9-18)10-13-4-2-1-3-5-13/h13H,1-12H2,(H2,16,19). The fraction of sp³-hybridized carbons (Fsp3) is 0.867. The summed E-state index contributed by atoms with van der Waals surface area (Å²) in [4.78, 5) is 27.1. The third kappa shape index (κ3) is 5.87. The number of amides is 2. The van der Waals surface area contributed by atoms with E-state index in [1.807, 2.05) is 4.90 Å². The van der Waals surface area contributed by atoms with Crippen LogP contribution in [0.25, 0.3) is 0 Å². The minimum absolute atomic E-state index is 0.138. The van der Waals surface area contributed by atoms with Crippen molar-refractivity contribution in [2.45, 2.75) is 32.1 Å². The molecule has 120 valence electrons. The number of hydrogen-bond acceptors (Lipinski definition) is 4. The molecule has 0 spiro atoms. The van der Waals surface area contributed by atoms with E-state index in [-0.39, 0.29) is 17.6 Å². The molecule has 1 heterocycles. The van der Waals surface area contributed by atoms with E-state index >= 15 is 0 Å². The SMILES string of the molecule is NC(=O)CSCC(=O)N1CCN(CC2CCCCC2)CC1. The van der Waals surface area contributed by atoms with E-state index < -0.39 is 0 Å². The van der Waals surface area contributed by atoms with Gasteiger partial charge in [-0.25, -0.2) is 0 Å². The van der Waals surface area contributed by atoms with Gasteiger partial charge in [0.1, 0.15) is 0 Å². The third-order valence-corrected chi connectivity index (χ3v) is 5.38. The molecule has 0 aromatic heterocycles. The molecule has 0 aromatic carbocycles. The Morgan fingerprint density at radius 2 is 1.67 bits per heavy atom. The first-order valence-corrected chi connectivity index (χ1v) is 9.17. The Balaban J connectivity index is 1.62. The fourth-order valence-electron chi connectivity index (χ4n) is 3.24. The zero-order chi connectivity index (χ0) is 15.1. The monoisotopic (exact) mass is 313 g/mol. The highest BCUT2D eigenvalue weighted by molar-refractivity contribution is 8.00. The molecule has 0 unspecified atom stereocenters. The summed E-state index contributed by atoms with van der Waals surface area (Å²) in [5.74, 6) is 1.25. The summed E-state index contributed by atoms with van der Waals surface area (Å²) in [5, 5.41) is 0. The lowest BCUT2D eigenvalue weighted by molar-refractivity contribution is -0.130. The summed E-state index contributed by atoms with van der Waals surface area (Å²) >= 11 is 1.31. The molecule has 6 heteroatoms. The van der Waals surface area contributed by atoms with Crippen LogP contribution in [0.2, 0.25) is 0 Å². The van der Waals surface area contributed by atoms with Gasteiger partial charge >= 0.3 is 0 Å². The van der Waals surface area contributed by atoms with Crippen molar-refractivity contribution >= 4 is 23.6 Å². The average molecular weight is 313 g/mol. The van der Waals surface area contributed by atoms with Crippen molar-refractivity contribution < 1.29 is 9.59 Å². The Morgan fingerprint density at radius 1 is 1.00 bits per heavy atom. The van der Waals surface area contributed by atoms with E-state index in [1.165, 1.54) is 50.4 Å². The molecule has 0 radical (unpaired) electrons. The van der Waals surface area contributed by atoms with Crippen LogP contribution in [-0.4, -0.2) is 65.8 Å². The van der Waals surface area contributed by atoms with Gasteiger partial charge in [-0.15, -0.1) is 11.8 Å². The van der Waals surface area contributed by atoms with Crippen LogP contribution in [-0.2, 0) is 9.59 Å². The second-order valence-corrected chi connectivity index (χ2v) is 7.13. The second kappa shape index (κ2) is 8.63. The molecule has 2 rings (SSSR count). The number of rotatable bonds is 6. The van der Waals surface area contributed by atoms with E-state index in [0.29, 0.717) is 5.75 Å². The van der Waals surface area contributed by atoms with Crippen molar-refractivity contribution in [3.05, 3.63) is 0 Å². The number of carbonyl (C=O) groups excluding carboxylic acids is 2. The Morgan fingerprint density at radius 3 is 2.29 bits per heavy atom. The van der Waals surface area contributed by atoms with Gasteiger partial charge in [0.25, 0.3) is 0 Å². The van der Waals surface area contributed by atoms with Crippen molar-refractivity contribution in [2.75, 3.05) is 44.2 Å². The summed E-state index contributed by atoms with van der Waals surface area (Å²) in [6.45, 7) is 4.83. The lowest BCUT2D eigenvalue weighted by atomic mass is 9.89. The summed E-state index contributed by atoms with van der Waals surface area (Å²) in [5.41, 5.74) is 5.07. The lowest BCUT2D eigenvalue weighted by Gasteiger charge is -2.37. The van der Waals surface area contributed by atoms with Gasteiger partial charge in [-0.1, -0.05) is 19.3 Å². The predicted octanol–water partition coefficient (Wildman–Crippen LogP) is 0.929. The molecule has 1 aliphatic heterocycles. The maximum absolute atomic E-state index is 12.0. The molecule has 1 aliphatic carbocycles. The third-order valence-electron chi connectivity index (χ3n) is 4.44. The maximum atomic E-state index is 12.0. The molecular weight excluding hydrogens is 286 g/mol. The molecular formula is C15H27N3O2S. The van der Waals surface area contributed by atoms with E-state index in [2.05, 4.69) is 4.90 Å². The van der Waals surface area contributed by atoms with Gasteiger partial charge in [0.05, 0.1) is 11.5 Å². The average Bonchev–Trinajstić information content (AvgIpc) is 2.48. The first-order valence-electron chi connectivity index (χ1n) is 8.01. The highest BCUT2D eigenvalue weighted by atomic mass is 32.2. The van der Waals surface area contributed by atoms with Gasteiger partial charge in [-0.2, -0.15) is 0 Å². The highest BCUT2D eigenvalue weighted by Gasteiger charge is 2.23. The molecule has 2 amide bonds. The summed E-state index contributed by atoms with van der Waals surface area (Å²) < 4.78 is 0. The first-order chi connectivity index (χ1) is 10.1. The Hall–Kier alpha value is -0.750. The maximum Gasteiger partial charge on any atom is 0.232 e. The minimum Gasteiger partial charge on any atom is -0.369 e. The van der Waals surface area contributed by atoms with Crippen LogP contribution in [0.4, 0.5) is 0 Å². The van der Waals surface area contributed by atoms with Gasteiger partial charge in [-0.05, 0) is 18.8 Å². The van der Waals surface area contributed by atoms with Gasteiger partial charge in [0.15, 0.2) is 0 Å². The number of hydrogen-bond donors (Lipinski definition) is 1. The second-order valence-electron chi connectivity index (χ2n) is 6.14. The summed E-state index contributed by atoms with van der Waals surface area (Å²) in [6.07, 6.45) is 6.94. The van der Waals surface area contributed by atoms with Crippen LogP contribution >= 0.6 is 11.8 Å². The minimum atomic E-state index is -0.356. The molecule has 2 aliphatic rings. The van der Waals surface area contributed by atoms with Crippen molar-refractivity contribution in [3.8, 4) is 0 Å². The predicted molar refractivity (Wildman–Crippen MR) is 86.1 cm³/mol. The molecule has 0 aromatic rings. The Kier molecular flexibility index (Phi) is 6.83. The number of thioether (sulfide) groups is 1. The van der Waals surface area contributed by atoms with Crippen LogP contribution in [0, 0.1) is 5.92 Å². The number of carbonyl (C=O) groups is 2. The molecule has 21 heavy (non-hydrogen) atoms. The van der Waals surface area contributed by atoms with Crippen molar-refractivity contribution in [2.24, 2.45) is 11.7 Å². The van der Waals surface area contributed by atoms with E-state index in [0.717, 1.165) is 32.1 Å².